The number of rotatable bonds is 5. The largest absolute Gasteiger partial charge is 0.353 e. The van der Waals surface area contributed by atoms with Crippen LogP contribution < -0.4 is 16.4 Å². The van der Waals surface area contributed by atoms with E-state index in [4.69, 9.17) is 5.73 Å². The van der Waals surface area contributed by atoms with Crippen molar-refractivity contribution in [3.63, 3.8) is 0 Å². The van der Waals surface area contributed by atoms with E-state index in [1.165, 1.54) is 13.3 Å². The van der Waals surface area contributed by atoms with Crippen molar-refractivity contribution in [2.45, 2.75) is 70.5 Å². The second-order valence-corrected chi connectivity index (χ2v) is 8.14. The number of halogens is 1. The molecule has 4 N–H and O–H groups in total. The molecule has 6 heteroatoms. The summed E-state index contributed by atoms with van der Waals surface area (Å²) in [6, 6.07) is 8.21. The molecule has 27 heavy (non-hydrogen) atoms. The fraction of sp³-hybridized carbons (Fsp3) is 0.619. The second-order valence-electron chi connectivity index (χ2n) is 8.14. The molecule has 1 aromatic rings. The molecule has 1 aromatic carbocycles. The van der Waals surface area contributed by atoms with Gasteiger partial charge in [-0.25, -0.2) is 0 Å². The van der Waals surface area contributed by atoms with Crippen molar-refractivity contribution >= 4 is 24.2 Å². The first kappa shape index (κ1) is 21.7. The predicted octanol–water partition coefficient (Wildman–Crippen LogP) is 3.01. The molecule has 0 radical (unpaired) electrons. The molecule has 0 aromatic heterocycles. The monoisotopic (exact) mass is 393 g/mol. The van der Waals surface area contributed by atoms with Crippen LogP contribution in [0.15, 0.2) is 24.3 Å². The third-order valence-electron chi connectivity index (χ3n) is 5.95. The van der Waals surface area contributed by atoms with Gasteiger partial charge in [-0.2, -0.15) is 0 Å². The van der Waals surface area contributed by atoms with Gasteiger partial charge in [-0.3, -0.25) is 9.59 Å². The van der Waals surface area contributed by atoms with Crippen LogP contribution in [0.1, 0.15) is 62.6 Å². The topological polar surface area (TPSA) is 84.2 Å². The molecule has 3 atom stereocenters. The fourth-order valence-electron chi connectivity index (χ4n) is 4.75. The summed E-state index contributed by atoms with van der Waals surface area (Å²) in [5, 5.41) is 6.20. The standard InChI is InChI=1S/C21H31N3O2.ClH/c1-13-6-8-15(9-7-13)19(23-14(2)25)12-20(26)24-21-16-4-3-5-17(21)11-18(22)10-16;/h6-9,16-19,21H,3-5,10-12,22H2,1-2H3,(H,23,25)(H,24,26);1H. The maximum Gasteiger partial charge on any atom is 0.222 e. The summed E-state index contributed by atoms with van der Waals surface area (Å²) in [6.07, 6.45) is 5.84. The van der Waals surface area contributed by atoms with Crippen LogP contribution >= 0.6 is 12.4 Å². The van der Waals surface area contributed by atoms with Gasteiger partial charge < -0.3 is 16.4 Å². The Hall–Kier alpha value is -1.59. The van der Waals surface area contributed by atoms with Crippen LogP contribution in [0.5, 0.6) is 0 Å². The predicted molar refractivity (Wildman–Crippen MR) is 110 cm³/mol. The molecule has 2 amide bonds. The van der Waals surface area contributed by atoms with Crippen molar-refractivity contribution in [2.75, 3.05) is 0 Å². The number of carbonyl (C=O) groups is 2. The molecule has 0 aliphatic heterocycles. The molecule has 2 saturated carbocycles. The number of nitrogens with two attached hydrogens (primary N) is 1. The van der Waals surface area contributed by atoms with Gasteiger partial charge in [0.15, 0.2) is 0 Å². The van der Waals surface area contributed by atoms with E-state index in [2.05, 4.69) is 10.6 Å². The Balaban J connectivity index is 0.00000261. The summed E-state index contributed by atoms with van der Waals surface area (Å²) < 4.78 is 0. The van der Waals surface area contributed by atoms with Crippen LogP contribution in [0.3, 0.4) is 0 Å². The first-order valence-corrected chi connectivity index (χ1v) is 9.81. The molecule has 0 heterocycles. The van der Waals surface area contributed by atoms with Crippen LogP contribution in [0.25, 0.3) is 0 Å². The Bertz CT molecular complexity index is 635. The van der Waals surface area contributed by atoms with Crippen LogP contribution in [-0.2, 0) is 9.59 Å². The van der Waals surface area contributed by atoms with Crippen molar-refractivity contribution in [1.82, 2.24) is 10.6 Å². The Morgan fingerprint density at radius 2 is 1.74 bits per heavy atom. The van der Waals surface area contributed by atoms with Gasteiger partial charge in [-0.05, 0) is 50.0 Å². The number of nitrogens with one attached hydrogen (secondary N) is 2. The van der Waals surface area contributed by atoms with Crippen LogP contribution in [-0.4, -0.2) is 23.9 Å². The van der Waals surface area contributed by atoms with E-state index in [9.17, 15) is 9.59 Å². The first-order chi connectivity index (χ1) is 12.4. The lowest BCUT2D eigenvalue weighted by Gasteiger charge is -2.45. The van der Waals surface area contributed by atoms with Crippen LogP contribution in [0, 0.1) is 18.8 Å². The van der Waals surface area contributed by atoms with E-state index >= 15 is 0 Å². The molecule has 2 aliphatic carbocycles. The number of benzene rings is 1. The van der Waals surface area contributed by atoms with Crippen molar-refractivity contribution in [3.05, 3.63) is 35.4 Å². The van der Waals surface area contributed by atoms with Crippen molar-refractivity contribution < 1.29 is 9.59 Å². The van der Waals surface area contributed by atoms with E-state index < -0.39 is 0 Å². The molecule has 3 rings (SSSR count). The van der Waals surface area contributed by atoms with Gasteiger partial charge in [0, 0.05) is 19.0 Å². The molecular formula is C21H32ClN3O2. The highest BCUT2D eigenvalue weighted by Crippen LogP contribution is 2.39. The number of hydrogen-bond acceptors (Lipinski definition) is 3. The van der Waals surface area contributed by atoms with E-state index in [1.807, 2.05) is 31.2 Å². The normalized spacial score (nSPS) is 27.8. The minimum Gasteiger partial charge on any atom is -0.353 e. The van der Waals surface area contributed by atoms with Crippen LogP contribution in [0.2, 0.25) is 0 Å². The van der Waals surface area contributed by atoms with E-state index in [-0.39, 0.29) is 48.8 Å². The highest BCUT2D eigenvalue weighted by molar-refractivity contribution is 5.85. The molecule has 0 spiro atoms. The highest BCUT2D eigenvalue weighted by Gasteiger charge is 2.40. The number of aryl methyl sites for hydroxylation is 1. The Morgan fingerprint density at radius 1 is 1.15 bits per heavy atom. The number of hydrogen-bond donors (Lipinski definition) is 3. The van der Waals surface area contributed by atoms with Gasteiger partial charge in [-0.1, -0.05) is 36.2 Å². The maximum absolute atomic E-state index is 12.8. The first-order valence-electron chi connectivity index (χ1n) is 9.81. The lowest BCUT2D eigenvalue weighted by Crippen LogP contribution is -2.54. The van der Waals surface area contributed by atoms with Gasteiger partial charge in [-0.15, -0.1) is 12.4 Å². The second kappa shape index (κ2) is 9.56. The molecule has 2 bridgehead atoms. The van der Waals surface area contributed by atoms with Gasteiger partial charge in [0.1, 0.15) is 0 Å². The Morgan fingerprint density at radius 3 is 2.30 bits per heavy atom. The Kier molecular flexibility index (Phi) is 7.68. The molecule has 3 unspecified atom stereocenters. The lowest BCUT2D eigenvalue weighted by atomic mass is 9.67. The third-order valence-corrected chi connectivity index (χ3v) is 5.95. The van der Waals surface area contributed by atoms with Gasteiger partial charge in [0.25, 0.3) is 0 Å². The summed E-state index contributed by atoms with van der Waals surface area (Å²) in [6.45, 7) is 3.52. The van der Waals surface area contributed by atoms with Crippen molar-refractivity contribution in [1.29, 1.82) is 0 Å². The SMILES string of the molecule is CC(=O)NC(CC(=O)NC1C2CCCC1CC(N)C2)c1ccc(C)cc1.Cl. The average Bonchev–Trinajstić information content (AvgIpc) is 2.55. The molecule has 2 aliphatic rings. The van der Waals surface area contributed by atoms with E-state index in [0.717, 1.165) is 36.8 Å². The number of carbonyl (C=O) groups excluding carboxylic acids is 2. The quantitative estimate of drug-likeness (QED) is 0.718. The molecular weight excluding hydrogens is 362 g/mol. The molecule has 2 fully saturated rings. The minimum atomic E-state index is -0.293. The van der Waals surface area contributed by atoms with Crippen molar-refractivity contribution in [3.8, 4) is 0 Å². The smallest absolute Gasteiger partial charge is 0.222 e. The zero-order chi connectivity index (χ0) is 18.7. The van der Waals surface area contributed by atoms with E-state index in [0.29, 0.717) is 11.8 Å². The Labute approximate surface area is 168 Å². The molecule has 0 saturated heterocycles. The van der Waals surface area contributed by atoms with Crippen LogP contribution in [0.4, 0.5) is 0 Å². The highest BCUT2D eigenvalue weighted by atomic mass is 35.5. The van der Waals surface area contributed by atoms with Gasteiger partial charge in [0.05, 0.1) is 12.5 Å². The van der Waals surface area contributed by atoms with E-state index in [1.54, 1.807) is 0 Å². The fourth-order valence-corrected chi connectivity index (χ4v) is 4.75. The summed E-state index contributed by atoms with van der Waals surface area (Å²) in [5.41, 5.74) is 8.30. The molecule has 5 nitrogen and oxygen atoms in total. The van der Waals surface area contributed by atoms with Gasteiger partial charge in [0.2, 0.25) is 11.8 Å². The third kappa shape index (κ3) is 5.69. The summed E-state index contributed by atoms with van der Waals surface area (Å²) in [7, 11) is 0. The minimum absolute atomic E-state index is 0. The number of amides is 2. The molecule has 150 valence electrons. The zero-order valence-electron chi connectivity index (χ0n) is 16.2. The average molecular weight is 394 g/mol. The lowest BCUT2D eigenvalue weighted by molar-refractivity contribution is -0.124. The summed E-state index contributed by atoms with van der Waals surface area (Å²) in [5.74, 6) is 0.894. The van der Waals surface area contributed by atoms with Gasteiger partial charge >= 0.3 is 0 Å². The summed E-state index contributed by atoms with van der Waals surface area (Å²) >= 11 is 0. The maximum atomic E-state index is 12.8. The summed E-state index contributed by atoms with van der Waals surface area (Å²) in [4.78, 5) is 24.4. The number of fused-ring (bicyclic) bond motifs is 2. The zero-order valence-corrected chi connectivity index (χ0v) is 17.1. The van der Waals surface area contributed by atoms with Crippen molar-refractivity contribution in [2.24, 2.45) is 17.6 Å².